The first-order valence-electron chi connectivity index (χ1n) is 6.83. The second kappa shape index (κ2) is 5.77. The number of nitrogens with one attached hydrogen (secondary N) is 1. The van der Waals surface area contributed by atoms with E-state index >= 15 is 0 Å². The van der Waals surface area contributed by atoms with Gasteiger partial charge in [0.25, 0.3) is 5.91 Å². The Morgan fingerprint density at radius 3 is 2.64 bits per heavy atom. The van der Waals surface area contributed by atoms with Gasteiger partial charge in [-0.3, -0.25) is 9.78 Å². The number of hydrogen-bond donors (Lipinski definition) is 1. The Bertz CT molecular complexity index is 796. The second-order valence-corrected chi connectivity index (χ2v) is 4.83. The van der Waals surface area contributed by atoms with Gasteiger partial charge in [-0.05, 0) is 6.92 Å². The third-order valence-electron chi connectivity index (χ3n) is 3.39. The lowest BCUT2D eigenvalue weighted by molar-refractivity contribution is 0.102. The van der Waals surface area contributed by atoms with Crippen molar-refractivity contribution in [2.45, 2.75) is 6.92 Å². The topological polar surface area (TPSA) is 72.7 Å². The first-order valence-corrected chi connectivity index (χ1v) is 6.83. The van der Waals surface area contributed by atoms with Crippen molar-refractivity contribution in [1.82, 2.24) is 19.5 Å². The molecule has 0 radical (unpaired) electrons. The van der Waals surface area contributed by atoms with E-state index in [4.69, 9.17) is 0 Å². The van der Waals surface area contributed by atoms with Gasteiger partial charge in [-0.1, -0.05) is 30.3 Å². The lowest BCUT2D eigenvalue weighted by Crippen LogP contribution is -2.16. The van der Waals surface area contributed by atoms with E-state index in [1.165, 1.54) is 18.6 Å². The Kier molecular flexibility index (Phi) is 3.65. The Morgan fingerprint density at radius 2 is 1.95 bits per heavy atom. The van der Waals surface area contributed by atoms with Gasteiger partial charge in [-0.15, -0.1) is 0 Å². The van der Waals surface area contributed by atoms with E-state index in [-0.39, 0.29) is 11.6 Å². The summed E-state index contributed by atoms with van der Waals surface area (Å²) in [4.78, 5) is 24.8. The SMILES string of the molecule is Cc1nc(-c2ccccc2)c(NC(=O)c2cnccn2)n1C. The number of nitrogens with zero attached hydrogens (tertiary/aromatic N) is 4. The fourth-order valence-corrected chi connectivity index (χ4v) is 2.14. The van der Waals surface area contributed by atoms with E-state index in [9.17, 15) is 4.79 Å². The van der Waals surface area contributed by atoms with E-state index < -0.39 is 0 Å². The largest absolute Gasteiger partial charge is 0.318 e. The minimum absolute atomic E-state index is 0.264. The van der Waals surface area contributed by atoms with Gasteiger partial charge in [0.05, 0.1) is 6.20 Å². The summed E-state index contributed by atoms with van der Waals surface area (Å²) in [5.74, 6) is 1.14. The maximum Gasteiger partial charge on any atom is 0.277 e. The maximum absolute atomic E-state index is 12.3. The fraction of sp³-hybridized carbons (Fsp3) is 0.125. The molecule has 6 nitrogen and oxygen atoms in total. The Hall–Kier alpha value is -3.02. The molecule has 2 aromatic heterocycles. The van der Waals surface area contributed by atoms with Gasteiger partial charge >= 0.3 is 0 Å². The van der Waals surface area contributed by atoms with Crippen molar-refractivity contribution >= 4 is 11.7 Å². The Balaban J connectivity index is 1.99. The summed E-state index contributed by atoms with van der Waals surface area (Å²) in [6.07, 6.45) is 4.45. The predicted molar refractivity (Wildman–Crippen MR) is 83.4 cm³/mol. The van der Waals surface area contributed by atoms with Crippen LogP contribution in [-0.2, 0) is 7.05 Å². The summed E-state index contributed by atoms with van der Waals surface area (Å²) in [6.45, 7) is 1.89. The molecule has 0 saturated carbocycles. The van der Waals surface area contributed by atoms with Crippen LogP contribution in [0.25, 0.3) is 11.3 Å². The number of rotatable bonds is 3. The van der Waals surface area contributed by atoms with Crippen molar-refractivity contribution in [2.75, 3.05) is 5.32 Å². The van der Waals surface area contributed by atoms with Crippen LogP contribution in [0, 0.1) is 6.92 Å². The zero-order valence-electron chi connectivity index (χ0n) is 12.3. The van der Waals surface area contributed by atoms with Crippen molar-refractivity contribution in [3.8, 4) is 11.3 Å². The number of aryl methyl sites for hydroxylation is 1. The standard InChI is InChI=1S/C16H15N5O/c1-11-19-14(12-6-4-3-5-7-12)15(21(11)2)20-16(22)13-10-17-8-9-18-13/h3-10H,1-2H3,(H,20,22). The molecule has 110 valence electrons. The molecule has 0 unspecified atom stereocenters. The van der Waals surface area contributed by atoms with Crippen LogP contribution < -0.4 is 5.32 Å². The number of benzene rings is 1. The van der Waals surface area contributed by atoms with Crippen LogP contribution in [0.1, 0.15) is 16.3 Å². The lowest BCUT2D eigenvalue weighted by atomic mass is 10.1. The number of hydrogen-bond acceptors (Lipinski definition) is 4. The highest BCUT2D eigenvalue weighted by atomic mass is 16.2. The van der Waals surface area contributed by atoms with Crippen LogP contribution in [0.15, 0.2) is 48.9 Å². The van der Waals surface area contributed by atoms with Gasteiger partial charge in [0.15, 0.2) is 0 Å². The third kappa shape index (κ3) is 2.58. The third-order valence-corrected chi connectivity index (χ3v) is 3.39. The number of carbonyl (C=O) groups is 1. The Morgan fingerprint density at radius 1 is 1.18 bits per heavy atom. The van der Waals surface area contributed by atoms with Crippen LogP contribution in [0.5, 0.6) is 0 Å². The molecular formula is C16H15N5O. The molecule has 6 heteroatoms. The average Bonchev–Trinajstić information content (AvgIpc) is 2.85. The molecule has 2 heterocycles. The van der Waals surface area contributed by atoms with Gasteiger partial charge in [-0.2, -0.15) is 0 Å². The first kappa shape index (κ1) is 13.9. The average molecular weight is 293 g/mol. The monoisotopic (exact) mass is 293 g/mol. The van der Waals surface area contributed by atoms with Gasteiger partial charge in [-0.25, -0.2) is 9.97 Å². The number of carbonyl (C=O) groups excluding carboxylic acids is 1. The van der Waals surface area contributed by atoms with E-state index in [1.807, 2.05) is 48.9 Å². The zero-order chi connectivity index (χ0) is 15.5. The highest BCUT2D eigenvalue weighted by Gasteiger charge is 2.17. The molecule has 3 rings (SSSR count). The summed E-state index contributed by atoms with van der Waals surface area (Å²) in [5.41, 5.74) is 1.94. The number of anilines is 1. The van der Waals surface area contributed by atoms with E-state index in [2.05, 4.69) is 20.3 Å². The molecule has 22 heavy (non-hydrogen) atoms. The molecule has 0 bridgehead atoms. The lowest BCUT2D eigenvalue weighted by Gasteiger charge is -2.08. The van der Waals surface area contributed by atoms with Gasteiger partial charge in [0.1, 0.15) is 23.0 Å². The van der Waals surface area contributed by atoms with Gasteiger partial charge in [0, 0.05) is 25.0 Å². The number of imidazole rings is 1. The molecule has 0 fully saturated rings. The maximum atomic E-state index is 12.3. The fourth-order valence-electron chi connectivity index (χ4n) is 2.14. The van der Waals surface area contributed by atoms with Gasteiger partial charge in [0.2, 0.25) is 0 Å². The molecule has 1 N–H and O–H groups in total. The first-order chi connectivity index (χ1) is 10.7. The van der Waals surface area contributed by atoms with Crippen LogP contribution >= 0.6 is 0 Å². The van der Waals surface area contributed by atoms with E-state index in [0.29, 0.717) is 5.82 Å². The minimum Gasteiger partial charge on any atom is -0.318 e. The molecule has 3 aromatic rings. The normalized spacial score (nSPS) is 10.5. The molecule has 0 saturated heterocycles. The molecule has 0 aliphatic rings. The van der Waals surface area contributed by atoms with Crippen molar-refractivity contribution in [2.24, 2.45) is 7.05 Å². The second-order valence-electron chi connectivity index (χ2n) is 4.83. The van der Waals surface area contributed by atoms with E-state index in [1.54, 1.807) is 0 Å². The van der Waals surface area contributed by atoms with Gasteiger partial charge < -0.3 is 9.88 Å². The Labute approximate surface area is 127 Å². The molecule has 0 aliphatic heterocycles. The van der Waals surface area contributed by atoms with Crippen molar-refractivity contribution < 1.29 is 4.79 Å². The van der Waals surface area contributed by atoms with Crippen molar-refractivity contribution in [3.63, 3.8) is 0 Å². The van der Waals surface area contributed by atoms with Crippen molar-refractivity contribution in [3.05, 3.63) is 60.4 Å². The number of aromatic nitrogens is 4. The molecule has 1 aromatic carbocycles. The minimum atomic E-state index is -0.312. The van der Waals surface area contributed by atoms with E-state index in [0.717, 1.165) is 17.1 Å². The molecule has 1 amide bonds. The molecule has 0 atom stereocenters. The smallest absolute Gasteiger partial charge is 0.277 e. The number of amides is 1. The van der Waals surface area contributed by atoms with Crippen LogP contribution in [0.3, 0.4) is 0 Å². The van der Waals surface area contributed by atoms with Crippen LogP contribution in [0.2, 0.25) is 0 Å². The summed E-state index contributed by atoms with van der Waals surface area (Å²) in [6, 6.07) is 9.73. The summed E-state index contributed by atoms with van der Waals surface area (Å²) >= 11 is 0. The summed E-state index contributed by atoms with van der Waals surface area (Å²) in [7, 11) is 1.86. The summed E-state index contributed by atoms with van der Waals surface area (Å²) in [5, 5.41) is 2.87. The van der Waals surface area contributed by atoms with Crippen molar-refractivity contribution in [1.29, 1.82) is 0 Å². The highest BCUT2D eigenvalue weighted by molar-refractivity contribution is 6.03. The molecular weight excluding hydrogens is 278 g/mol. The quantitative estimate of drug-likeness (QED) is 0.805. The molecule has 0 aliphatic carbocycles. The summed E-state index contributed by atoms with van der Waals surface area (Å²) < 4.78 is 1.84. The van der Waals surface area contributed by atoms with Crippen LogP contribution in [0.4, 0.5) is 5.82 Å². The predicted octanol–water partition coefficient (Wildman–Crippen LogP) is 2.44. The highest BCUT2D eigenvalue weighted by Crippen LogP contribution is 2.27. The molecule has 0 spiro atoms. The zero-order valence-corrected chi connectivity index (χ0v) is 12.3. The van der Waals surface area contributed by atoms with Crippen LogP contribution in [-0.4, -0.2) is 25.4 Å².